The minimum Gasteiger partial charge on any atom is -0.457 e. The highest BCUT2D eigenvalue weighted by Gasteiger charge is 2.21. The molecule has 0 unspecified atom stereocenters. The SMILES string of the molecule is CCN(CC)S(=O)(=O)c1ccc(C(=O)OCc2cc(C)ccc2C)cc1. The maximum absolute atomic E-state index is 12.5. The summed E-state index contributed by atoms with van der Waals surface area (Å²) in [5.41, 5.74) is 3.45. The Hall–Kier alpha value is -2.18. The van der Waals surface area contributed by atoms with E-state index in [-0.39, 0.29) is 11.5 Å². The summed E-state index contributed by atoms with van der Waals surface area (Å²) in [4.78, 5) is 12.4. The van der Waals surface area contributed by atoms with Crippen LogP contribution in [0.3, 0.4) is 0 Å². The van der Waals surface area contributed by atoms with Gasteiger partial charge >= 0.3 is 5.97 Å². The van der Waals surface area contributed by atoms with Crippen LogP contribution >= 0.6 is 0 Å². The van der Waals surface area contributed by atoms with Crippen molar-refractivity contribution in [2.45, 2.75) is 39.2 Å². The monoisotopic (exact) mass is 375 g/mol. The second-order valence-electron chi connectivity index (χ2n) is 6.12. The van der Waals surface area contributed by atoms with Gasteiger partial charge in [-0.15, -0.1) is 0 Å². The van der Waals surface area contributed by atoms with E-state index in [4.69, 9.17) is 4.74 Å². The van der Waals surface area contributed by atoms with Gasteiger partial charge in [-0.2, -0.15) is 4.31 Å². The molecular formula is C20H25NO4S. The van der Waals surface area contributed by atoms with Gasteiger partial charge in [-0.25, -0.2) is 13.2 Å². The normalized spacial score (nSPS) is 11.6. The Bertz CT molecular complexity index is 869. The van der Waals surface area contributed by atoms with Crippen molar-refractivity contribution in [2.75, 3.05) is 13.1 Å². The van der Waals surface area contributed by atoms with E-state index in [1.54, 1.807) is 13.8 Å². The third-order valence-electron chi connectivity index (χ3n) is 4.30. The van der Waals surface area contributed by atoms with Crippen LogP contribution in [0.15, 0.2) is 47.4 Å². The summed E-state index contributed by atoms with van der Waals surface area (Å²) < 4.78 is 31.7. The topological polar surface area (TPSA) is 63.7 Å². The molecule has 0 bridgehead atoms. The summed E-state index contributed by atoms with van der Waals surface area (Å²) in [5.74, 6) is -0.474. The van der Waals surface area contributed by atoms with E-state index in [0.29, 0.717) is 18.7 Å². The van der Waals surface area contributed by atoms with Gasteiger partial charge < -0.3 is 4.74 Å². The predicted molar refractivity (Wildman–Crippen MR) is 102 cm³/mol. The third-order valence-corrected chi connectivity index (χ3v) is 6.36. The largest absolute Gasteiger partial charge is 0.457 e. The van der Waals surface area contributed by atoms with Crippen molar-refractivity contribution in [1.82, 2.24) is 4.31 Å². The average Bonchev–Trinajstić information content (AvgIpc) is 2.63. The van der Waals surface area contributed by atoms with Gasteiger partial charge in [0.1, 0.15) is 6.61 Å². The molecule has 0 atom stereocenters. The van der Waals surface area contributed by atoms with Crippen molar-refractivity contribution in [3.8, 4) is 0 Å². The van der Waals surface area contributed by atoms with Gasteiger partial charge in [0.2, 0.25) is 10.0 Å². The maximum Gasteiger partial charge on any atom is 0.338 e. The summed E-state index contributed by atoms with van der Waals surface area (Å²) in [6.07, 6.45) is 0. The molecule has 0 N–H and O–H groups in total. The van der Waals surface area contributed by atoms with Gasteiger partial charge in [0.25, 0.3) is 0 Å². The first kappa shape index (κ1) is 20.1. The summed E-state index contributed by atoms with van der Waals surface area (Å²) in [5, 5.41) is 0. The van der Waals surface area contributed by atoms with Crippen molar-refractivity contribution >= 4 is 16.0 Å². The van der Waals surface area contributed by atoms with Crippen LogP contribution in [0.1, 0.15) is 40.9 Å². The van der Waals surface area contributed by atoms with Crippen LogP contribution < -0.4 is 0 Å². The Morgan fingerprint density at radius 1 is 1.00 bits per heavy atom. The Morgan fingerprint density at radius 2 is 1.62 bits per heavy atom. The maximum atomic E-state index is 12.5. The predicted octanol–water partition coefficient (Wildman–Crippen LogP) is 3.69. The minimum absolute atomic E-state index is 0.173. The molecule has 140 valence electrons. The highest BCUT2D eigenvalue weighted by molar-refractivity contribution is 7.89. The van der Waals surface area contributed by atoms with Crippen LogP contribution in [-0.4, -0.2) is 31.8 Å². The highest BCUT2D eigenvalue weighted by Crippen LogP contribution is 2.17. The third kappa shape index (κ3) is 4.51. The number of benzene rings is 2. The molecule has 2 aromatic rings. The number of hydrogen-bond acceptors (Lipinski definition) is 4. The van der Waals surface area contributed by atoms with E-state index < -0.39 is 16.0 Å². The van der Waals surface area contributed by atoms with Crippen LogP contribution in [0.25, 0.3) is 0 Å². The molecule has 0 aliphatic carbocycles. The van der Waals surface area contributed by atoms with Crippen LogP contribution in [0.5, 0.6) is 0 Å². The lowest BCUT2D eigenvalue weighted by Crippen LogP contribution is -2.30. The fraction of sp³-hybridized carbons (Fsp3) is 0.350. The standard InChI is InChI=1S/C20H25NO4S/c1-5-21(6-2)26(23,24)19-11-9-17(10-12-19)20(22)25-14-18-13-15(3)7-8-16(18)4/h7-13H,5-6,14H2,1-4H3. The second kappa shape index (κ2) is 8.47. The highest BCUT2D eigenvalue weighted by atomic mass is 32.2. The lowest BCUT2D eigenvalue weighted by Gasteiger charge is -2.18. The van der Waals surface area contributed by atoms with Gasteiger partial charge in [0.05, 0.1) is 10.5 Å². The number of hydrogen-bond donors (Lipinski definition) is 0. The molecule has 0 saturated heterocycles. The molecule has 2 aromatic carbocycles. The number of esters is 1. The zero-order valence-corrected chi connectivity index (χ0v) is 16.5. The van der Waals surface area contributed by atoms with Crippen molar-refractivity contribution < 1.29 is 17.9 Å². The number of aryl methyl sites for hydroxylation is 2. The van der Waals surface area contributed by atoms with Crippen LogP contribution in [0.2, 0.25) is 0 Å². The molecule has 0 saturated carbocycles. The first-order valence-electron chi connectivity index (χ1n) is 8.63. The number of ether oxygens (including phenoxy) is 1. The minimum atomic E-state index is -3.53. The van der Waals surface area contributed by atoms with Crippen LogP contribution in [0.4, 0.5) is 0 Å². The molecule has 0 spiro atoms. The molecule has 5 nitrogen and oxygen atoms in total. The van der Waals surface area contributed by atoms with E-state index in [0.717, 1.165) is 16.7 Å². The molecule has 2 rings (SSSR count). The lowest BCUT2D eigenvalue weighted by atomic mass is 10.1. The summed E-state index contributed by atoms with van der Waals surface area (Å²) in [6, 6.07) is 11.9. The molecular weight excluding hydrogens is 350 g/mol. The van der Waals surface area contributed by atoms with Crippen LogP contribution in [0, 0.1) is 13.8 Å². The Kier molecular flexibility index (Phi) is 6.56. The van der Waals surface area contributed by atoms with E-state index in [2.05, 4.69) is 0 Å². The van der Waals surface area contributed by atoms with E-state index in [1.165, 1.54) is 28.6 Å². The number of sulfonamides is 1. The molecule has 0 amide bonds. The Morgan fingerprint density at radius 3 is 2.19 bits per heavy atom. The fourth-order valence-corrected chi connectivity index (χ4v) is 4.12. The zero-order valence-electron chi connectivity index (χ0n) is 15.7. The summed E-state index contributed by atoms with van der Waals surface area (Å²) in [7, 11) is -3.53. The lowest BCUT2D eigenvalue weighted by molar-refractivity contribution is 0.0472. The van der Waals surface area contributed by atoms with Crippen molar-refractivity contribution in [1.29, 1.82) is 0 Å². The van der Waals surface area contributed by atoms with Gasteiger partial charge in [-0.05, 0) is 49.2 Å². The zero-order chi connectivity index (χ0) is 19.3. The average molecular weight is 375 g/mol. The van der Waals surface area contributed by atoms with Crippen molar-refractivity contribution in [3.05, 3.63) is 64.7 Å². The molecule has 0 heterocycles. The Labute approximate surface area is 155 Å². The number of rotatable bonds is 7. The Balaban J connectivity index is 2.10. The fourth-order valence-electron chi connectivity index (χ4n) is 2.66. The van der Waals surface area contributed by atoms with Gasteiger partial charge in [0, 0.05) is 13.1 Å². The van der Waals surface area contributed by atoms with Gasteiger partial charge in [-0.1, -0.05) is 37.6 Å². The molecule has 0 aliphatic rings. The van der Waals surface area contributed by atoms with Gasteiger partial charge in [0.15, 0.2) is 0 Å². The van der Waals surface area contributed by atoms with Crippen LogP contribution in [-0.2, 0) is 21.4 Å². The van der Waals surface area contributed by atoms with Crippen molar-refractivity contribution in [2.24, 2.45) is 0 Å². The first-order chi connectivity index (χ1) is 12.3. The molecule has 0 fully saturated rings. The van der Waals surface area contributed by atoms with E-state index >= 15 is 0 Å². The molecule has 0 aliphatic heterocycles. The number of carbonyl (C=O) groups is 1. The number of carbonyl (C=O) groups excluding carboxylic acids is 1. The second-order valence-corrected chi connectivity index (χ2v) is 8.06. The molecule has 6 heteroatoms. The smallest absolute Gasteiger partial charge is 0.338 e. The van der Waals surface area contributed by atoms with E-state index in [9.17, 15) is 13.2 Å². The first-order valence-corrected chi connectivity index (χ1v) is 10.1. The molecule has 0 aromatic heterocycles. The van der Waals surface area contributed by atoms with Crippen molar-refractivity contribution in [3.63, 3.8) is 0 Å². The number of nitrogens with zero attached hydrogens (tertiary/aromatic N) is 1. The summed E-state index contributed by atoms with van der Waals surface area (Å²) in [6.45, 7) is 8.53. The summed E-state index contributed by atoms with van der Waals surface area (Å²) >= 11 is 0. The van der Waals surface area contributed by atoms with E-state index in [1.807, 2.05) is 32.0 Å². The quantitative estimate of drug-likeness (QED) is 0.693. The molecule has 0 radical (unpaired) electrons. The van der Waals surface area contributed by atoms with Gasteiger partial charge in [-0.3, -0.25) is 0 Å². The molecule has 26 heavy (non-hydrogen) atoms.